The average Bonchev–Trinajstić information content (AvgIpc) is 3.40. The fraction of sp³-hybridized carbons (Fsp3) is 0.912. The standard InChI is InChI=1S/C68H131NO5/c1-3-5-7-9-11-13-15-17-18-19-27-30-33-37-40-44-48-52-56-60-66(71)65(64-70)69-67(72)61-57-53-49-45-41-38-34-31-28-25-23-21-20-22-24-26-29-32-35-39-43-47-51-55-59-63-74-68(73)62-58-54-50-46-42-36-16-14-12-10-8-6-4-2/h14,16,21,23,65-66,70-71H,3-13,15,17-20,22,24-64H2,1-2H3,(H,69,72)/b16-14-,23-21-. The molecule has 0 aromatic heterocycles. The number of carbonyl (C=O) groups is 2. The number of allylic oxidation sites excluding steroid dienone is 4. The lowest BCUT2D eigenvalue weighted by Gasteiger charge is -2.22. The second kappa shape index (κ2) is 63.9. The number of esters is 1. The molecule has 0 fully saturated rings. The Bertz CT molecular complexity index is 1150. The summed E-state index contributed by atoms with van der Waals surface area (Å²) in [6.45, 7) is 4.96. The van der Waals surface area contributed by atoms with E-state index in [0.717, 1.165) is 44.9 Å². The highest BCUT2D eigenvalue weighted by Gasteiger charge is 2.20. The minimum atomic E-state index is -0.667. The Morgan fingerprint density at radius 2 is 0.635 bits per heavy atom. The molecule has 0 bridgehead atoms. The van der Waals surface area contributed by atoms with Crippen molar-refractivity contribution in [3.63, 3.8) is 0 Å². The van der Waals surface area contributed by atoms with Gasteiger partial charge in [-0.05, 0) is 77.0 Å². The van der Waals surface area contributed by atoms with Gasteiger partial charge in [0.2, 0.25) is 5.91 Å². The summed E-state index contributed by atoms with van der Waals surface area (Å²) in [6, 6.07) is -0.544. The molecule has 0 radical (unpaired) electrons. The lowest BCUT2D eigenvalue weighted by Crippen LogP contribution is -2.45. The van der Waals surface area contributed by atoms with Gasteiger partial charge in [-0.15, -0.1) is 0 Å². The third-order valence-corrected chi connectivity index (χ3v) is 15.7. The summed E-state index contributed by atoms with van der Waals surface area (Å²) < 4.78 is 5.48. The number of aliphatic hydroxyl groups excluding tert-OH is 2. The number of nitrogens with one attached hydrogen (secondary N) is 1. The molecular formula is C68H131NO5. The van der Waals surface area contributed by atoms with Gasteiger partial charge in [0.15, 0.2) is 0 Å². The predicted octanol–water partition coefficient (Wildman–Crippen LogP) is 21.4. The minimum absolute atomic E-state index is 0.00478. The van der Waals surface area contributed by atoms with Crippen molar-refractivity contribution in [3.05, 3.63) is 24.3 Å². The molecule has 0 aliphatic carbocycles. The molecule has 0 saturated carbocycles. The lowest BCUT2D eigenvalue weighted by molar-refractivity contribution is -0.143. The number of ether oxygens (including phenoxy) is 1. The van der Waals surface area contributed by atoms with Gasteiger partial charge in [0.1, 0.15) is 0 Å². The van der Waals surface area contributed by atoms with E-state index in [1.54, 1.807) is 0 Å². The topological polar surface area (TPSA) is 95.9 Å². The van der Waals surface area contributed by atoms with Crippen LogP contribution in [0, 0.1) is 0 Å². The highest BCUT2D eigenvalue weighted by molar-refractivity contribution is 5.76. The summed E-state index contributed by atoms with van der Waals surface area (Å²) in [7, 11) is 0. The predicted molar refractivity (Wildman–Crippen MR) is 324 cm³/mol. The van der Waals surface area contributed by atoms with Gasteiger partial charge in [0.25, 0.3) is 0 Å². The number of unbranched alkanes of at least 4 members (excludes halogenated alkanes) is 48. The summed E-state index contributed by atoms with van der Waals surface area (Å²) in [5.74, 6) is -0.0298. The van der Waals surface area contributed by atoms with Gasteiger partial charge in [-0.25, -0.2) is 0 Å². The summed E-state index contributed by atoms with van der Waals surface area (Å²) in [6.07, 6.45) is 79.2. The molecule has 0 aromatic carbocycles. The van der Waals surface area contributed by atoms with Crippen LogP contribution in [0.4, 0.5) is 0 Å². The highest BCUT2D eigenvalue weighted by atomic mass is 16.5. The average molecular weight is 1040 g/mol. The molecule has 0 aromatic rings. The zero-order chi connectivity index (χ0) is 53.6. The van der Waals surface area contributed by atoms with E-state index in [4.69, 9.17) is 4.74 Å². The SMILES string of the molecule is CCCCCC/C=C\CCCCCCCC(=O)OCCCCCCCCCCCCCC/C=C\CCCCCCCCCCCC(=O)NC(CO)C(O)CCCCCCCCCCCCCCCCCCCCC. The van der Waals surface area contributed by atoms with Crippen LogP contribution >= 0.6 is 0 Å². The molecule has 6 heteroatoms. The second-order valence-corrected chi connectivity index (χ2v) is 23.1. The molecule has 438 valence electrons. The van der Waals surface area contributed by atoms with E-state index in [2.05, 4.69) is 43.5 Å². The quantitative estimate of drug-likeness (QED) is 0.0320. The van der Waals surface area contributed by atoms with Crippen LogP contribution in [0.5, 0.6) is 0 Å². The molecule has 0 spiro atoms. The van der Waals surface area contributed by atoms with E-state index in [9.17, 15) is 19.8 Å². The zero-order valence-electron chi connectivity index (χ0n) is 50.1. The van der Waals surface area contributed by atoms with Crippen LogP contribution in [0.3, 0.4) is 0 Å². The maximum absolute atomic E-state index is 12.5. The van der Waals surface area contributed by atoms with Crippen LogP contribution in [-0.2, 0) is 14.3 Å². The molecule has 1 amide bonds. The van der Waals surface area contributed by atoms with Crippen molar-refractivity contribution in [2.45, 2.75) is 386 Å². The van der Waals surface area contributed by atoms with Crippen molar-refractivity contribution in [2.75, 3.05) is 13.2 Å². The molecule has 2 unspecified atom stereocenters. The molecule has 0 aliphatic heterocycles. The van der Waals surface area contributed by atoms with Crippen LogP contribution < -0.4 is 5.32 Å². The third kappa shape index (κ3) is 59.6. The molecule has 0 rings (SSSR count). The Labute approximate surface area is 462 Å². The van der Waals surface area contributed by atoms with Gasteiger partial charge >= 0.3 is 5.97 Å². The normalized spacial score (nSPS) is 12.6. The smallest absolute Gasteiger partial charge is 0.305 e. The van der Waals surface area contributed by atoms with Crippen molar-refractivity contribution in [1.29, 1.82) is 0 Å². The Balaban J connectivity index is 3.40. The molecule has 3 N–H and O–H groups in total. The van der Waals surface area contributed by atoms with Gasteiger partial charge in [-0.2, -0.15) is 0 Å². The lowest BCUT2D eigenvalue weighted by atomic mass is 10.0. The van der Waals surface area contributed by atoms with E-state index >= 15 is 0 Å². The van der Waals surface area contributed by atoms with E-state index in [1.807, 2.05) is 0 Å². The van der Waals surface area contributed by atoms with Gasteiger partial charge in [-0.3, -0.25) is 9.59 Å². The van der Waals surface area contributed by atoms with Crippen molar-refractivity contribution >= 4 is 11.9 Å². The number of hydrogen-bond donors (Lipinski definition) is 3. The monoisotopic (exact) mass is 1040 g/mol. The Morgan fingerprint density at radius 3 is 0.973 bits per heavy atom. The van der Waals surface area contributed by atoms with Crippen molar-refractivity contribution < 1.29 is 24.5 Å². The maximum atomic E-state index is 12.5. The van der Waals surface area contributed by atoms with Crippen LogP contribution in [0.1, 0.15) is 373 Å². The third-order valence-electron chi connectivity index (χ3n) is 15.7. The van der Waals surface area contributed by atoms with Crippen molar-refractivity contribution in [2.24, 2.45) is 0 Å². The fourth-order valence-electron chi connectivity index (χ4n) is 10.6. The number of hydrogen-bond acceptors (Lipinski definition) is 5. The van der Waals surface area contributed by atoms with E-state index in [-0.39, 0.29) is 18.5 Å². The molecular weight excluding hydrogens is 911 g/mol. The van der Waals surface area contributed by atoms with E-state index in [1.165, 1.54) is 295 Å². The Kier molecular flexibility index (Phi) is 62.4. The van der Waals surface area contributed by atoms with Crippen LogP contribution in [-0.4, -0.2) is 47.4 Å². The molecule has 74 heavy (non-hydrogen) atoms. The van der Waals surface area contributed by atoms with Gasteiger partial charge in [-0.1, -0.05) is 308 Å². The Hall–Kier alpha value is -1.66. The summed E-state index contributed by atoms with van der Waals surface area (Å²) in [4.78, 5) is 24.6. The van der Waals surface area contributed by atoms with E-state index in [0.29, 0.717) is 25.9 Å². The first-order valence-corrected chi connectivity index (χ1v) is 33.6. The van der Waals surface area contributed by atoms with Crippen LogP contribution in [0.2, 0.25) is 0 Å². The van der Waals surface area contributed by atoms with Crippen LogP contribution in [0.25, 0.3) is 0 Å². The highest BCUT2D eigenvalue weighted by Crippen LogP contribution is 2.18. The molecule has 6 nitrogen and oxygen atoms in total. The fourth-order valence-corrected chi connectivity index (χ4v) is 10.6. The maximum Gasteiger partial charge on any atom is 0.305 e. The Morgan fingerprint density at radius 1 is 0.365 bits per heavy atom. The van der Waals surface area contributed by atoms with Gasteiger partial charge in [0.05, 0.1) is 25.4 Å². The molecule has 0 heterocycles. The first kappa shape index (κ1) is 72.3. The summed E-state index contributed by atoms with van der Waals surface area (Å²) >= 11 is 0. The number of carbonyl (C=O) groups excluding carboxylic acids is 2. The number of amides is 1. The van der Waals surface area contributed by atoms with Gasteiger partial charge < -0.3 is 20.3 Å². The summed E-state index contributed by atoms with van der Waals surface area (Å²) in [5, 5.41) is 23.4. The van der Waals surface area contributed by atoms with Crippen molar-refractivity contribution in [1.82, 2.24) is 5.32 Å². The largest absolute Gasteiger partial charge is 0.466 e. The second-order valence-electron chi connectivity index (χ2n) is 23.1. The first-order chi connectivity index (χ1) is 36.5. The number of aliphatic hydroxyl groups is 2. The van der Waals surface area contributed by atoms with Gasteiger partial charge in [0, 0.05) is 12.8 Å². The summed E-state index contributed by atoms with van der Waals surface area (Å²) in [5.41, 5.74) is 0. The first-order valence-electron chi connectivity index (χ1n) is 33.6. The number of rotatable bonds is 63. The zero-order valence-corrected chi connectivity index (χ0v) is 50.1. The molecule has 0 aliphatic rings. The van der Waals surface area contributed by atoms with E-state index < -0.39 is 12.1 Å². The van der Waals surface area contributed by atoms with Crippen LogP contribution in [0.15, 0.2) is 24.3 Å². The molecule has 0 saturated heterocycles. The van der Waals surface area contributed by atoms with Crippen molar-refractivity contribution in [3.8, 4) is 0 Å². The minimum Gasteiger partial charge on any atom is -0.466 e. The molecule has 2 atom stereocenters.